The SMILES string of the molecule is CCNCc1cccnc1Sc1cccc(OC)c1. The van der Waals surface area contributed by atoms with E-state index >= 15 is 0 Å². The lowest BCUT2D eigenvalue weighted by atomic mass is 10.3. The van der Waals surface area contributed by atoms with Crippen LogP contribution in [0.4, 0.5) is 0 Å². The minimum atomic E-state index is 0.844. The Labute approximate surface area is 118 Å². The van der Waals surface area contributed by atoms with Crippen molar-refractivity contribution in [2.45, 2.75) is 23.4 Å². The fraction of sp³-hybridized carbons (Fsp3) is 0.267. The molecule has 0 spiro atoms. The maximum absolute atomic E-state index is 5.24. The predicted molar refractivity (Wildman–Crippen MR) is 78.7 cm³/mol. The van der Waals surface area contributed by atoms with E-state index in [1.54, 1.807) is 18.9 Å². The van der Waals surface area contributed by atoms with Crippen molar-refractivity contribution in [1.29, 1.82) is 0 Å². The van der Waals surface area contributed by atoms with E-state index in [-0.39, 0.29) is 0 Å². The van der Waals surface area contributed by atoms with Crippen molar-refractivity contribution in [3.05, 3.63) is 48.2 Å². The molecule has 1 N–H and O–H groups in total. The van der Waals surface area contributed by atoms with Crippen LogP contribution in [0, 0.1) is 0 Å². The summed E-state index contributed by atoms with van der Waals surface area (Å²) in [5, 5.41) is 4.37. The second-order valence-corrected chi connectivity index (χ2v) is 5.09. The summed E-state index contributed by atoms with van der Waals surface area (Å²) in [7, 11) is 1.68. The summed E-state index contributed by atoms with van der Waals surface area (Å²) in [5.74, 6) is 0.870. The smallest absolute Gasteiger partial charge is 0.119 e. The molecule has 0 saturated heterocycles. The lowest BCUT2D eigenvalue weighted by Gasteiger charge is -2.09. The molecule has 2 aromatic rings. The van der Waals surface area contributed by atoms with E-state index in [1.807, 2.05) is 30.5 Å². The van der Waals surface area contributed by atoms with Crippen molar-refractivity contribution in [2.24, 2.45) is 0 Å². The number of methoxy groups -OCH3 is 1. The first-order chi connectivity index (χ1) is 9.33. The molecule has 3 nitrogen and oxygen atoms in total. The summed E-state index contributed by atoms with van der Waals surface area (Å²) in [6.45, 7) is 3.90. The van der Waals surface area contributed by atoms with Crippen LogP contribution >= 0.6 is 11.8 Å². The molecule has 1 heterocycles. The van der Waals surface area contributed by atoms with Crippen LogP contribution < -0.4 is 10.1 Å². The Hall–Kier alpha value is -1.52. The fourth-order valence-corrected chi connectivity index (χ4v) is 2.62. The van der Waals surface area contributed by atoms with Crippen molar-refractivity contribution in [3.63, 3.8) is 0 Å². The van der Waals surface area contributed by atoms with Gasteiger partial charge in [-0.1, -0.05) is 30.8 Å². The van der Waals surface area contributed by atoms with Gasteiger partial charge in [0.2, 0.25) is 0 Å². The normalized spacial score (nSPS) is 10.4. The minimum Gasteiger partial charge on any atom is -0.497 e. The van der Waals surface area contributed by atoms with Gasteiger partial charge in [-0.2, -0.15) is 0 Å². The zero-order chi connectivity index (χ0) is 13.5. The molecule has 0 aliphatic rings. The molecule has 0 radical (unpaired) electrons. The molecular weight excluding hydrogens is 256 g/mol. The first-order valence-corrected chi connectivity index (χ1v) is 7.11. The molecule has 0 fully saturated rings. The van der Waals surface area contributed by atoms with Gasteiger partial charge in [0.25, 0.3) is 0 Å². The Balaban J connectivity index is 2.17. The quantitative estimate of drug-likeness (QED) is 0.876. The van der Waals surface area contributed by atoms with Gasteiger partial charge >= 0.3 is 0 Å². The maximum atomic E-state index is 5.24. The third-order valence-electron chi connectivity index (χ3n) is 2.67. The molecule has 0 saturated carbocycles. The molecule has 0 aliphatic heterocycles. The average Bonchev–Trinajstić information content (AvgIpc) is 2.46. The number of benzene rings is 1. The molecule has 0 amide bonds. The molecule has 1 aromatic heterocycles. The molecule has 0 aliphatic carbocycles. The number of hydrogen-bond donors (Lipinski definition) is 1. The van der Waals surface area contributed by atoms with Crippen molar-refractivity contribution in [1.82, 2.24) is 10.3 Å². The Bertz CT molecular complexity index is 531. The summed E-state index contributed by atoms with van der Waals surface area (Å²) in [5.41, 5.74) is 1.22. The van der Waals surface area contributed by atoms with E-state index in [4.69, 9.17) is 4.74 Å². The Morgan fingerprint density at radius 3 is 2.95 bits per heavy atom. The van der Waals surface area contributed by atoms with Crippen LogP contribution in [-0.4, -0.2) is 18.6 Å². The van der Waals surface area contributed by atoms with Crippen LogP contribution in [0.3, 0.4) is 0 Å². The summed E-state index contributed by atoms with van der Waals surface area (Å²) in [4.78, 5) is 5.60. The number of ether oxygens (including phenoxy) is 1. The van der Waals surface area contributed by atoms with Crippen LogP contribution in [0.1, 0.15) is 12.5 Å². The first kappa shape index (κ1) is 13.9. The Kier molecular flexibility index (Phi) is 5.24. The molecule has 0 bridgehead atoms. The van der Waals surface area contributed by atoms with Gasteiger partial charge in [-0.3, -0.25) is 0 Å². The molecule has 0 atom stereocenters. The standard InChI is InChI=1S/C15H18N2OS/c1-3-16-11-12-6-5-9-17-15(12)19-14-8-4-7-13(10-14)18-2/h4-10,16H,3,11H2,1-2H3. The molecule has 1 aromatic carbocycles. The van der Waals surface area contributed by atoms with Crippen molar-refractivity contribution in [2.75, 3.05) is 13.7 Å². The Morgan fingerprint density at radius 1 is 1.26 bits per heavy atom. The monoisotopic (exact) mass is 274 g/mol. The van der Waals surface area contributed by atoms with E-state index in [0.29, 0.717) is 0 Å². The van der Waals surface area contributed by atoms with E-state index < -0.39 is 0 Å². The second-order valence-electron chi connectivity index (χ2n) is 4.03. The molecule has 19 heavy (non-hydrogen) atoms. The third-order valence-corrected chi connectivity index (χ3v) is 3.72. The maximum Gasteiger partial charge on any atom is 0.119 e. The topological polar surface area (TPSA) is 34.2 Å². The van der Waals surface area contributed by atoms with E-state index in [9.17, 15) is 0 Å². The van der Waals surface area contributed by atoms with Gasteiger partial charge in [0, 0.05) is 17.6 Å². The highest BCUT2D eigenvalue weighted by Gasteiger charge is 2.05. The zero-order valence-corrected chi connectivity index (χ0v) is 12.0. The lowest BCUT2D eigenvalue weighted by Crippen LogP contribution is -2.12. The van der Waals surface area contributed by atoms with Crippen LogP contribution in [0.15, 0.2) is 52.5 Å². The third kappa shape index (κ3) is 3.98. The van der Waals surface area contributed by atoms with Crippen LogP contribution in [0.2, 0.25) is 0 Å². The Morgan fingerprint density at radius 2 is 2.16 bits per heavy atom. The van der Waals surface area contributed by atoms with E-state index in [0.717, 1.165) is 28.8 Å². The molecular formula is C15H18N2OS. The van der Waals surface area contributed by atoms with Crippen molar-refractivity contribution < 1.29 is 4.74 Å². The minimum absolute atomic E-state index is 0.844. The van der Waals surface area contributed by atoms with Gasteiger partial charge in [-0.25, -0.2) is 4.98 Å². The van der Waals surface area contributed by atoms with E-state index in [2.05, 4.69) is 29.4 Å². The van der Waals surface area contributed by atoms with Crippen LogP contribution in [-0.2, 0) is 6.54 Å². The highest BCUT2D eigenvalue weighted by atomic mass is 32.2. The predicted octanol–water partition coefficient (Wildman–Crippen LogP) is 3.35. The molecule has 4 heteroatoms. The highest BCUT2D eigenvalue weighted by Crippen LogP contribution is 2.30. The van der Waals surface area contributed by atoms with Gasteiger partial charge in [-0.05, 0) is 36.4 Å². The summed E-state index contributed by atoms with van der Waals surface area (Å²) < 4.78 is 5.24. The number of rotatable bonds is 6. The largest absolute Gasteiger partial charge is 0.497 e. The highest BCUT2D eigenvalue weighted by molar-refractivity contribution is 7.99. The first-order valence-electron chi connectivity index (χ1n) is 6.30. The number of hydrogen-bond acceptors (Lipinski definition) is 4. The van der Waals surface area contributed by atoms with Gasteiger partial charge in [0.1, 0.15) is 10.8 Å². The van der Waals surface area contributed by atoms with Gasteiger partial charge in [-0.15, -0.1) is 0 Å². The lowest BCUT2D eigenvalue weighted by molar-refractivity contribution is 0.413. The van der Waals surface area contributed by atoms with Crippen LogP contribution in [0.25, 0.3) is 0 Å². The zero-order valence-electron chi connectivity index (χ0n) is 11.2. The fourth-order valence-electron chi connectivity index (χ4n) is 1.69. The van der Waals surface area contributed by atoms with Crippen molar-refractivity contribution >= 4 is 11.8 Å². The molecule has 0 unspecified atom stereocenters. The average molecular weight is 274 g/mol. The van der Waals surface area contributed by atoms with Gasteiger partial charge in [0.15, 0.2) is 0 Å². The van der Waals surface area contributed by atoms with Gasteiger partial charge < -0.3 is 10.1 Å². The number of pyridine rings is 1. The van der Waals surface area contributed by atoms with E-state index in [1.165, 1.54) is 5.56 Å². The van der Waals surface area contributed by atoms with Crippen LogP contribution in [0.5, 0.6) is 5.75 Å². The molecule has 2 rings (SSSR count). The number of nitrogens with zero attached hydrogens (tertiary/aromatic N) is 1. The number of nitrogens with one attached hydrogen (secondary N) is 1. The van der Waals surface area contributed by atoms with Gasteiger partial charge in [0.05, 0.1) is 7.11 Å². The second kappa shape index (κ2) is 7.16. The van der Waals surface area contributed by atoms with Crippen molar-refractivity contribution in [3.8, 4) is 5.75 Å². The number of aromatic nitrogens is 1. The summed E-state index contributed by atoms with van der Waals surface area (Å²) >= 11 is 1.66. The summed E-state index contributed by atoms with van der Waals surface area (Å²) in [6.07, 6.45) is 1.83. The molecule has 100 valence electrons. The summed E-state index contributed by atoms with van der Waals surface area (Å²) in [6, 6.07) is 12.1.